The van der Waals surface area contributed by atoms with E-state index >= 15 is 0 Å². The maximum atomic E-state index is 14.4. The number of hydrogen-bond donors (Lipinski definition) is 3. The van der Waals surface area contributed by atoms with E-state index in [1.165, 1.54) is 14.0 Å². The van der Waals surface area contributed by atoms with Gasteiger partial charge >= 0.3 is 0 Å². The van der Waals surface area contributed by atoms with Crippen molar-refractivity contribution >= 4 is 44.9 Å². The van der Waals surface area contributed by atoms with E-state index in [-0.39, 0.29) is 13.0 Å². The average Bonchev–Trinajstić information content (AvgIpc) is 3.07. The van der Waals surface area contributed by atoms with Gasteiger partial charge in [0.25, 0.3) is 0 Å². The highest BCUT2D eigenvalue weighted by atomic mass is 79.9. The molecule has 0 aromatic heterocycles. The second-order valence-electron chi connectivity index (χ2n) is 12.7. The number of ether oxygens (including phenoxy) is 2. The lowest BCUT2D eigenvalue weighted by Gasteiger charge is -2.44. The monoisotopic (exact) mass is 726 g/mol. The Morgan fingerprint density at radius 2 is 1.43 bits per heavy atom. The summed E-state index contributed by atoms with van der Waals surface area (Å²) in [5.41, 5.74) is 3.81. The molecule has 1 aliphatic carbocycles. The largest absolute Gasteiger partial charge is 0.493 e. The van der Waals surface area contributed by atoms with Crippen molar-refractivity contribution in [1.29, 1.82) is 0 Å². The molecular formula is C40H43BrN2O6. The van der Waals surface area contributed by atoms with E-state index in [9.17, 15) is 19.5 Å². The number of hydrogen-bond acceptors (Lipinski definition) is 6. The quantitative estimate of drug-likeness (QED) is 0.136. The second kappa shape index (κ2) is 15.4. The fourth-order valence-corrected chi connectivity index (χ4v) is 7.38. The van der Waals surface area contributed by atoms with Crippen molar-refractivity contribution in [3.8, 4) is 11.5 Å². The van der Waals surface area contributed by atoms with Gasteiger partial charge in [0, 0.05) is 23.7 Å². The number of anilines is 2. The van der Waals surface area contributed by atoms with Gasteiger partial charge in [0.1, 0.15) is 18.3 Å². The van der Waals surface area contributed by atoms with Crippen LogP contribution in [-0.4, -0.2) is 35.4 Å². The summed E-state index contributed by atoms with van der Waals surface area (Å²) in [6.07, 6.45) is 0.971. The van der Waals surface area contributed by atoms with Crippen LogP contribution in [0.1, 0.15) is 60.9 Å². The third-order valence-electron chi connectivity index (χ3n) is 9.41. The number of carbonyl (C=O) groups excluding carboxylic acids is 3. The van der Waals surface area contributed by atoms with Gasteiger partial charge in [-0.05, 0) is 94.7 Å². The summed E-state index contributed by atoms with van der Waals surface area (Å²) in [7, 11) is 1.51. The Bertz CT molecular complexity index is 1850. The Hall–Kier alpha value is -4.47. The molecule has 0 bridgehead atoms. The normalized spacial score (nSPS) is 20.4. The number of halogens is 1. The molecule has 4 atom stereocenters. The maximum absolute atomic E-state index is 14.4. The number of benzene rings is 4. The molecule has 0 saturated heterocycles. The van der Waals surface area contributed by atoms with Gasteiger partial charge in [-0.2, -0.15) is 0 Å². The van der Waals surface area contributed by atoms with E-state index in [1.807, 2.05) is 81.4 Å². The number of rotatable bonds is 11. The summed E-state index contributed by atoms with van der Waals surface area (Å²) in [6.45, 7) is 7.75. The van der Waals surface area contributed by atoms with Gasteiger partial charge in [-0.3, -0.25) is 14.4 Å². The van der Waals surface area contributed by atoms with Crippen LogP contribution in [0.3, 0.4) is 0 Å². The molecule has 4 unspecified atom stereocenters. The van der Waals surface area contributed by atoms with Crippen LogP contribution >= 0.6 is 15.9 Å². The Morgan fingerprint density at radius 1 is 0.878 bits per heavy atom. The third-order valence-corrected chi connectivity index (χ3v) is 10.0. The zero-order valence-corrected chi connectivity index (χ0v) is 30.1. The minimum absolute atomic E-state index is 0.279. The van der Waals surface area contributed by atoms with Crippen LogP contribution in [0.4, 0.5) is 11.4 Å². The Labute approximate surface area is 296 Å². The van der Waals surface area contributed by atoms with Crippen LogP contribution in [0.25, 0.3) is 0 Å². The SMILES string of the molecule is CCc1ccccc1NC(=O)C1C(=O)CC(C)(O)C(C(=O)Nc2ccccc2CC)C1c1cc(Br)c(OCc2ccccc2C)c(OC)c1. The summed E-state index contributed by atoms with van der Waals surface area (Å²) < 4.78 is 12.5. The first-order chi connectivity index (χ1) is 23.5. The third kappa shape index (κ3) is 7.73. The van der Waals surface area contributed by atoms with Gasteiger partial charge in [-0.1, -0.05) is 74.5 Å². The summed E-state index contributed by atoms with van der Waals surface area (Å²) >= 11 is 3.65. The lowest BCUT2D eigenvalue weighted by molar-refractivity contribution is -0.150. The van der Waals surface area contributed by atoms with Crippen molar-refractivity contribution in [1.82, 2.24) is 0 Å². The van der Waals surface area contributed by atoms with Crippen molar-refractivity contribution in [3.63, 3.8) is 0 Å². The van der Waals surface area contributed by atoms with E-state index in [0.29, 0.717) is 45.8 Å². The molecule has 4 aromatic rings. The molecule has 256 valence electrons. The van der Waals surface area contributed by atoms with Crippen LogP contribution in [0.15, 0.2) is 89.4 Å². The summed E-state index contributed by atoms with van der Waals surface area (Å²) in [4.78, 5) is 42.6. The van der Waals surface area contributed by atoms with Gasteiger partial charge in [0.2, 0.25) is 11.8 Å². The molecule has 5 rings (SSSR count). The summed E-state index contributed by atoms with van der Waals surface area (Å²) in [5, 5.41) is 17.9. The highest BCUT2D eigenvalue weighted by Gasteiger charge is 2.56. The van der Waals surface area contributed by atoms with E-state index in [0.717, 1.165) is 22.3 Å². The Morgan fingerprint density at radius 3 is 2.00 bits per heavy atom. The predicted molar refractivity (Wildman–Crippen MR) is 195 cm³/mol. The molecule has 1 saturated carbocycles. The van der Waals surface area contributed by atoms with Gasteiger partial charge < -0.3 is 25.2 Å². The lowest BCUT2D eigenvalue weighted by Crippen LogP contribution is -2.56. The smallest absolute Gasteiger partial charge is 0.235 e. The lowest BCUT2D eigenvalue weighted by atomic mass is 9.61. The first kappa shape index (κ1) is 35.8. The molecular weight excluding hydrogens is 684 g/mol. The number of amides is 2. The van der Waals surface area contributed by atoms with Crippen molar-refractivity contribution in [2.45, 2.75) is 65.1 Å². The summed E-state index contributed by atoms with van der Waals surface area (Å²) in [5.74, 6) is -4.27. The number of methoxy groups -OCH3 is 1. The topological polar surface area (TPSA) is 114 Å². The number of carbonyl (C=O) groups is 3. The first-order valence-electron chi connectivity index (χ1n) is 16.6. The standard InChI is InChI=1S/C40H43BrN2O6/c1-6-25-15-10-12-18-30(25)42-38(45)35-32(44)22-40(4,47)36(39(46)43-31-19-13-11-16-26(31)7-2)34(35)28-20-29(41)37(33(21-28)48-5)49-23-27-17-9-8-14-24(27)3/h8-21,34-36,47H,6-7,22-23H2,1-5H3,(H,42,45)(H,43,46). The number of aliphatic hydroxyl groups is 1. The van der Waals surface area contributed by atoms with Crippen LogP contribution in [-0.2, 0) is 33.8 Å². The molecule has 0 radical (unpaired) electrons. The number of Topliss-reactive ketones (excluding diaryl/α,β-unsaturated/α-hetero) is 1. The van der Waals surface area contributed by atoms with Gasteiger partial charge in [0.15, 0.2) is 11.5 Å². The molecule has 2 amide bonds. The number of ketones is 1. The molecule has 3 N–H and O–H groups in total. The summed E-state index contributed by atoms with van der Waals surface area (Å²) in [6, 6.07) is 26.2. The van der Waals surface area contributed by atoms with Crippen molar-refractivity contribution < 1.29 is 29.0 Å². The van der Waals surface area contributed by atoms with Crippen LogP contribution in [0, 0.1) is 18.8 Å². The van der Waals surface area contributed by atoms with E-state index in [1.54, 1.807) is 24.3 Å². The molecule has 0 heterocycles. The molecule has 0 aliphatic heterocycles. The molecule has 1 aliphatic rings. The fourth-order valence-electron chi connectivity index (χ4n) is 6.81. The highest BCUT2D eigenvalue weighted by molar-refractivity contribution is 9.10. The highest BCUT2D eigenvalue weighted by Crippen LogP contribution is 2.49. The predicted octanol–water partition coefficient (Wildman–Crippen LogP) is 7.79. The molecule has 4 aromatic carbocycles. The van der Waals surface area contributed by atoms with Crippen molar-refractivity contribution in [2.24, 2.45) is 11.8 Å². The van der Waals surface area contributed by atoms with E-state index in [4.69, 9.17) is 9.47 Å². The first-order valence-corrected chi connectivity index (χ1v) is 17.4. The Kier molecular flexibility index (Phi) is 11.3. The van der Waals surface area contributed by atoms with E-state index < -0.39 is 41.0 Å². The van der Waals surface area contributed by atoms with Crippen molar-refractivity contribution in [2.75, 3.05) is 17.7 Å². The molecule has 8 nitrogen and oxygen atoms in total. The minimum Gasteiger partial charge on any atom is -0.493 e. The van der Waals surface area contributed by atoms with Crippen LogP contribution in [0.2, 0.25) is 0 Å². The van der Waals surface area contributed by atoms with E-state index in [2.05, 4.69) is 26.6 Å². The molecule has 49 heavy (non-hydrogen) atoms. The zero-order chi connectivity index (χ0) is 35.3. The van der Waals surface area contributed by atoms with Gasteiger partial charge in [-0.25, -0.2) is 0 Å². The Balaban J connectivity index is 1.61. The van der Waals surface area contributed by atoms with Crippen molar-refractivity contribution in [3.05, 3.63) is 117 Å². The number of aryl methyl sites for hydroxylation is 3. The minimum atomic E-state index is -1.77. The fraction of sp³-hybridized carbons (Fsp3) is 0.325. The maximum Gasteiger partial charge on any atom is 0.235 e. The number of nitrogens with one attached hydrogen (secondary N) is 2. The van der Waals surface area contributed by atoms with Gasteiger partial charge in [0.05, 0.1) is 23.1 Å². The van der Waals surface area contributed by atoms with Crippen LogP contribution in [0.5, 0.6) is 11.5 Å². The average molecular weight is 728 g/mol. The van der Waals surface area contributed by atoms with Crippen LogP contribution < -0.4 is 20.1 Å². The molecule has 0 spiro atoms. The zero-order valence-electron chi connectivity index (χ0n) is 28.5. The second-order valence-corrected chi connectivity index (χ2v) is 13.6. The van der Waals surface area contributed by atoms with Gasteiger partial charge in [-0.15, -0.1) is 0 Å². The molecule has 9 heteroatoms. The number of para-hydroxylation sites is 2. The molecule has 1 fully saturated rings.